The average molecular weight is 288 g/mol. The standard InChI is InChI=1S/C11H14BrNOS/c1-11(3-2-4-13-11)10(14)6-9-5-8(12)7-15-9/h5,7,13H,2-4,6H2,1H3. The summed E-state index contributed by atoms with van der Waals surface area (Å²) in [6, 6.07) is 2.03. The van der Waals surface area contributed by atoms with Crippen molar-refractivity contribution in [2.24, 2.45) is 0 Å². The van der Waals surface area contributed by atoms with E-state index in [0.717, 1.165) is 28.7 Å². The highest BCUT2D eigenvalue weighted by atomic mass is 79.9. The zero-order valence-corrected chi connectivity index (χ0v) is 11.1. The predicted octanol–water partition coefficient (Wildman–Crippen LogP) is 2.76. The molecule has 82 valence electrons. The molecule has 0 amide bonds. The molecule has 0 bridgehead atoms. The van der Waals surface area contributed by atoms with E-state index in [1.165, 1.54) is 0 Å². The lowest BCUT2D eigenvalue weighted by Crippen LogP contribution is -2.45. The van der Waals surface area contributed by atoms with Crippen molar-refractivity contribution < 1.29 is 4.79 Å². The van der Waals surface area contributed by atoms with Crippen LogP contribution in [0.25, 0.3) is 0 Å². The van der Waals surface area contributed by atoms with Crippen molar-refractivity contribution >= 4 is 33.0 Å². The third kappa shape index (κ3) is 2.49. The maximum absolute atomic E-state index is 12.1. The van der Waals surface area contributed by atoms with Gasteiger partial charge in [-0.1, -0.05) is 0 Å². The number of nitrogens with one attached hydrogen (secondary N) is 1. The fourth-order valence-corrected chi connectivity index (χ4v) is 3.38. The zero-order chi connectivity index (χ0) is 10.9. The topological polar surface area (TPSA) is 29.1 Å². The summed E-state index contributed by atoms with van der Waals surface area (Å²) in [7, 11) is 0. The van der Waals surface area contributed by atoms with Gasteiger partial charge in [-0.3, -0.25) is 4.79 Å². The molecule has 1 aromatic heterocycles. The van der Waals surface area contributed by atoms with E-state index in [-0.39, 0.29) is 5.54 Å². The second-order valence-corrected chi connectivity index (χ2v) is 6.11. The van der Waals surface area contributed by atoms with Crippen LogP contribution in [0.5, 0.6) is 0 Å². The molecule has 1 saturated heterocycles. The maximum Gasteiger partial charge on any atom is 0.157 e. The van der Waals surface area contributed by atoms with E-state index < -0.39 is 0 Å². The summed E-state index contributed by atoms with van der Waals surface area (Å²) in [5, 5.41) is 5.32. The number of carbonyl (C=O) groups excluding carboxylic acids is 1. The van der Waals surface area contributed by atoms with E-state index in [4.69, 9.17) is 0 Å². The van der Waals surface area contributed by atoms with Gasteiger partial charge in [0, 0.05) is 21.2 Å². The van der Waals surface area contributed by atoms with Gasteiger partial charge in [-0.15, -0.1) is 11.3 Å². The summed E-state index contributed by atoms with van der Waals surface area (Å²) in [4.78, 5) is 13.2. The second-order valence-electron chi connectivity index (χ2n) is 4.19. The smallest absolute Gasteiger partial charge is 0.157 e. The van der Waals surface area contributed by atoms with E-state index >= 15 is 0 Å². The van der Waals surface area contributed by atoms with Crippen molar-refractivity contribution in [1.82, 2.24) is 5.32 Å². The molecule has 1 unspecified atom stereocenters. The fourth-order valence-electron chi connectivity index (χ4n) is 1.93. The van der Waals surface area contributed by atoms with Crippen molar-refractivity contribution in [3.63, 3.8) is 0 Å². The minimum Gasteiger partial charge on any atom is -0.305 e. The Hall–Kier alpha value is -0.190. The maximum atomic E-state index is 12.1. The number of ketones is 1. The van der Waals surface area contributed by atoms with Gasteiger partial charge in [0.25, 0.3) is 0 Å². The minimum atomic E-state index is -0.281. The molecule has 4 heteroatoms. The van der Waals surface area contributed by atoms with Crippen molar-refractivity contribution in [2.45, 2.75) is 31.7 Å². The average Bonchev–Trinajstić information content (AvgIpc) is 2.76. The third-order valence-corrected chi connectivity index (χ3v) is 4.64. The molecular formula is C11H14BrNOS. The Kier molecular flexibility index (Phi) is 3.28. The molecule has 1 aliphatic rings. The van der Waals surface area contributed by atoms with Crippen LogP contribution in [0.2, 0.25) is 0 Å². The van der Waals surface area contributed by atoms with Crippen LogP contribution in [-0.2, 0) is 11.2 Å². The van der Waals surface area contributed by atoms with E-state index in [2.05, 4.69) is 21.2 Å². The van der Waals surface area contributed by atoms with Gasteiger partial charge in [-0.25, -0.2) is 0 Å². The molecule has 15 heavy (non-hydrogen) atoms. The van der Waals surface area contributed by atoms with E-state index in [0.29, 0.717) is 12.2 Å². The lowest BCUT2D eigenvalue weighted by Gasteiger charge is -2.22. The van der Waals surface area contributed by atoms with Crippen molar-refractivity contribution in [3.8, 4) is 0 Å². The van der Waals surface area contributed by atoms with Gasteiger partial charge in [0.2, 0.25) is 0 Å². The molecule has 1 aliphatic heterocycles. The minimum absolute atomic E-state index is 0.281. The summed E-state index contributed by atoms with van der Waals surface area (Å²) < 4.78 is 1.07. The molecule has 2 nitrogen and oxygen atoms in total. The second kappa shape index (κ2) is 4.36. The monoisotopic (exact) mass is 287 g/mol. The number of thiophene rings is 1. The summed E-state index contributed by atoms with van der Waals surface area (Å²) in [5.41, 5.74) is -0.281. The van der Waals surface area contributed by atoms with E-state index in [1.54, 1.807) is 11.3 Å². The lowest BCUT2D eigenvalue weighted by atomic mass is 9.92. The molecule has 0 radical (unpaired) electrons. The number of Topliss-reactive ketones (excluding diaryl/α,β-unsaturated/α-hetero) is 1. The molecule has 1 aromatic rings. The van der Waals surface area contributed by atoms with Crippen molar-refractivity contribution in [3.05, 3.63) is 20.8 Å². The Bertz CT molecular complexity index is 368. The molecule has 1 N–H and O–H groups in total. The van der Waals surface area contributed by atoms with E-state index in [1.807, 2.05) is 18.4 Å². The predicted molar refractivity (Wildman–Crippen MR) is 66.4 cm³/mol. The first-order chi connectivity index (χ1) is 7.10. The Morgan fingerprint density at radius 2 is 2.53 bits per heavy atom. The third-order valence-electron chi connectivity index (χ3n) is 2.94. The Morgan fingerprint density at radius 3 is 3.07 bits per heavy atom. The summed E-state index contributed by atoms with van der Waals surface area (Å²) in [5.74, 6) is 0.314. The van der Waals surface area contributed by atoms with Gasteiger partial charge < -0.3 is 5.32 Å². The van der Waals surface area contributed by atoms with Crippen molar-refractivity contribution in [1.29, 1.82) is 0 Å². The Balaban J connectivity index is 2.03. The van der Waals surface area contributed by atoms with E-state index in [9.17, 15) is 4.79 Å². The van der Waals surface area contributed by atoms with Gasteiger partial charge >= 0.3 is 0 Å². The van der Waals surface area contributed by atoms with Crippen molar-refractivity contribution in [2.75, 3.05) is 6.54 Å². The van der Waals surface area contributed by atoms with Gasteiger partial charge in [-0.2, -0.15) is 0 Å². The van der Waals surface area contributed by atoms with Gasteiger partial charge in [0.15, 0.2) is 5.78 Å². The lowest BCUT2D eigenvalue weighted by molar-refractivity contribution is -0.123. The molecule has 1 fully saturated rings. The van der Waals surface area contributed by atoms with Crippen LogP contribution >= 0.6 is 27.3 Å². The summed E-state index contributed by atoms with van der Waals surface area (Å²) in [6.07, 6.45) is 2.63. The van der Waals surface area contributed by atoms with Crippen LogP contribution in [0, 0.1) is 0 Å². The fraction of sp³-hybridized carbons (Fsp3) is 0.545. The molecule has 0 spiro atoms. The first-order valence-corrected chi connectivity index (χ1v) is 6.79. The highest BCUT2D eigenvalue weighted by molar-refractivity contribution is 9.10. The SMILES string of the molecule is CC1(C(=O)Cc2cc(Br)cs2)CCCN1. The number of rotatable bonds is 3. The molecule has 2 heterocycles. The number of halogens is 1. The number of carbonyl (C=O) groups is 1. The summed E-state index contributed by atoms with van der Waals surface area (Å²) in [6.45, 7) is 2.99. The van der Waals surface area contributed by atoms with Crippen LogP contribution < -0.4 is 5.32 Å². The van der Waals surface area contributed by atoms with Crippen LogP contribution in [0.15, 0.2) is 15.9 Å². The molecule has 2 rings (SSSR count). The number of hydrogen-bond acceptors (Lipinski definition) is 3. The number of hydrogen-bond donors (Lipinski definition) is 1. The van der Waals surface area contributed by atoms with Crippen LogP contribution in [0.1, 0.15) is 24.6 Å². The highest BCUT2D eigenvalue weighted by Crippen LogP contribution is 2.25. The molecule has 1 atom stereocenters. The first-order valence-electron chi connectivity index (χ1n) is 5.11. The van der Waals surface area contributed by atoms with Gasteiger partial charge in [0.1, 0.15) is 0 Å². The molecule has 0 aromatic carbocycles. The highest BCUT2D eigenvalue weighted by Gasteiger charge is 2.35. The largest absolute Gasteiger partial charge is 0.305 e. The van der Waals surface area contributed by atoms with Crippen LogP contribution in [-0.4, -0.2) is 17.9 Å². The quantitative estimate of drug-likeness (QED) is 0.926. The van der Waals surface area contributed by atoms with Gasteiger partial charge in [0.05, 0.1) is 5.54 Å². The molecule has 0 aliphatic carbocycles. The van der Waals surface area contributed by atoms with Gasteiger partial charge in [-0.05, 0) is 48.3 Å². The van der Waals surface area contributed by atoms with Crippen LogP contribution in [0.4, 0.5) is 0 Å². The van der Waals surface area contributed by atoms with Crippen LogP contribution in [0.3, 0.4) is 0 Å². The summed E-state index contributed by atoms with van der Waals surface area (Å²) >= 11 is 5.04. The Labute approximate surface area is 102 Å². The first kappa shape index (κ1) is 11.3. The Morgan fingerprint density at radius 1 is 1.73 bits per heavy atom. The molecule has 0 saturated carbocycles. The molecular weight excluding hydrogens is 274 g/mol. The zero-order valence-electron chi connectivity index (χ0n) is 8.68. The normalized spacial score (nSPS) is 25.7.